The lowest BCUT2D eigenvalue weighted by Crippen LogP contribution is -2.24. The quantitative estimate of drug-likeness (QED) is 0.687. The first-order chi connectivity index (χ1) is 10.8. The predicted molar refractivity (Wildman–Crippen MR) is 83.4 cm³/mol. The van der Waals surface area contributed by atoms with Crippen molar-refractivity contribution in [3.05, 3.63) is 24.3 Å². The highest BCUT2D eigenvalue weighted by Crippen LogP contribution is 2.17. The molecule has 1 aromatic carbocycles. The van der Waals surface area contributed by atoms with Crippen molar-refractivity contribution < 1.29 is 27.5 Å². The van der Waals surface area contributed by atoms with Crippen molar-refractivity contribution in [2.75, 3.05) is 39.2 Å². The Balaban J connectivity index is 2.64. The monoisotopic (exact) mass is 344 g/mol. The molecular formula is C14H20N2O6S. The fourth-order valence-corrected chi connectivity index (χ4v) is 2.46. The fraction of sp³-hybridized carbons (Fsp3) is 0.429. The smallest absolute Gasteiger partial charge is 0.332 e. The van der Waals surface area contributed by atoms with Crippen molar-refractivity contribution in [1.82, 2.24) is 4.31 Å². The minimum atomic E-state index is -3.59. The number of esters is 1. The molecule has 1 rings (SSSR count). The summed E-state index contributed by atoms with van der Waals surface area (Å²) >= 11 is 0. The van der Waals surface area contributed by atoms with Crippen molar-refractivity contribution >= 4 is 27.6 Å². The minimum Gasteiger partial charge on any atom is -0.454 e. The Labute approximate surface area is 135 Å². The lowest BCUT2D eigenvalue weighted by atomic mass is 10.3. The van der Waals surface area contributed by atoms with Gasteiger partial charge in [0.05, 0.1) is 4.90 Å². The second-order valence-corrected chi connectivity index (χ2v) is 6.81. The highest BCUT2D eigenvalue weighted by molar-refractivity contribution is 7.89. The Morgan fingerprint density at radius 2 is 1.91 bits per heavy atom. The number of nitrogens with zero attached hydrogens (tertiary/aromatic N) is 1. The summed E-state index contributed by atoms with van der Waals surface area (Å²) in [6.07, 6.45) is 0. The highest BCUT2D eigenvalue weighted by Gasteiger charge is 2.17. The maximum Gasteiger partial charge on any atom is 0.332 e. The fourth-order valence-electron chi connectivity index (χ4n) is 1.52. The minimum absolute atomic E-state index is 0.0497. The van der Waals surface area contributed by atoms with Crippen LogP contribution in [-0.4, -0.2) is 58.5 Å². The zero-order valence-electron chi connectivity index (χ0n) is 13.2. The molecule has 1 amide bonds. The van der Waals surface area contributed by atoms with Gasteiger partial charge in [-0.25, -0.2) is 17.5 Å². The van der Waals surface area contributed by atoms with E-state index in [-0.39, 0.29) is 11.5 Å². The number of anilines is 1. The molecule has 0 saturated carbocycles. The summed E-state index contributed by atoms with van der Waals surface area (Å²) in [6.45, 7) is 1.40. The van der Waals surface area contributed by atoms with Crippen LogP contribution < -0.4 is 5.32 Å². The molecule has 0 aliphatic carbocycles. The Bertz CT molecular complexity index is 657. The average Bonchev–Trinajstić information content (AvgIpc) is 2.51. The van der Waals surface area contributed by atoms with Gasteiger partial charge in [0.25, 0.3) is 5.91 Å². The molecule has 0 radical (unpaired) electrons. The highest BCUT2D eigenvalue weighted by atomic mass is 32.2. The van der Waals surface area contributed by atoms with E-state index in [1.165, 1.54) is 38.4 Å². The van der Waals surface area contributed by atoms with Crippen LogP contribution in [0, 0.1) is 0 Å². The molecule has 0 aliphatic heterocycles. The number of benzene rings is 1. The first-order valence-corrected chi connectivity index (χ1v) is 8.27. The van der Waals surface area contributed by atoms with E-state index in [0.29, 0.717) is 12.3 Å². The second kappa shape index (κ2) is 8.61. The van der Waals surface area contributed by atoms with E-state index in [4.69, 9.17) is 9.47 Å². The molecule has 1 aromatic rings. The molecule has 128 valence electrons. The van der Waals surface area contributed by atoms with E-state index >= 15 is 0 Å². The van der Waals surface area contributed by atoms with Crippen molar-refractivity contribution in [2.45, 2.75) is 11.8 Å². The molecule has 0 heterocycles. The van der Waals surface area contributed by atoms with Gasteiger partial charge in [-0.3, -0.25) is 4.79 Å². The van der Waals surface area contributed by atoms with Gasteiger partial charge >= 0.3 is 5.97 Å². The molecule has 0 bridgehead atoms. The van der Waals surface area contributed by atoms with Gasteiger partial charge in [-0.15, -0.1) is 0 Å². The number of sulfonamides is 1. The molecule has 23 heavy (non-hydrogen) atoms. The number of rotatable bonds is 8. The third-order valence-electron chi connectivity index (χ3n) is 2.68. The van der Waals surface area contributed by atoms with E-state index in [1.54, 1.807) is 6.92 Å². The normalized spacial score (nSPS) is 11.3. The van der Waals surface area contributed by atoms with Crippen molar-refractivity contribution in [1.29, 1.82) is 0 Å². The molecule has 0 aromatic heterocycles. The van der Waals surface area contributed by atoms with Crippen LogP contribution in [0.2, 0.25) is 0 Å². The molecule has 0 atom stereocenters. The zero-order valence-corrected chi connectivity index (χ0v) is 14.1. The van der Waals surface area contributed by atoms with Crippen LogP contribution >= 0.6 is 0 Å². The van der Waals surface area contributed by atoms with Gasteiger partial charge in [0, 0.05) is 26.4 Å². The predicted octanol–water partition coefficient (Wildman–Crippen LogP) is 0.455. The van der Waals surface area contributed by atoms with Gasteiger partial charge < -0.3 is 14.8 Å². The Kier molecular flexibility index (Phi) is 7.14. The number of hydrogen-bond acceptors (Lipinski definition) is 6. The van der Waals surface area contributed by atoms with Crippen LogP contribution in [0.25, 0.3) is 0 Å². The summed E-state index contributed by atoms with van der Waals surface area (Å²) in [6, 6.07) is 5.80. The number of ether oxygens (including phenoxy) is 2. The molecular weight excluding hydrogens is 324 g/mol. The van der Waals surface area contributed by atoms with Crippen LogP contribution in [0.3, 0.4) is 0 Å². The first-order valence-electron chi connectivity index (χ1n) is 6.83. The molecule has 0 unspecified atom stereocenters. The number of hydrogen-bond donors (Lipinski definition) is 1. The number of carbonyl (C=O) groups excluding carboxylic acids is 2. The Morgan fingerprint density at radius 3 is 2.52 bits per heavy atom. The van der Waals surface area contributed by atoms with Gasteiger partial charge in [0.1, 0.15) is 6.61 Å². The summed E-state index contributed by atoms with van der Waals surface area (Å²) in [5.74, 6) is -1.22. The van der Waals surface area contributed by atoms with Gasteiger partial charge in [0.15, 0.2) is 6.61 Å². The van der Waals surface area contributed by atoms with E-state index in [9.17, 15) is 18.0 Å². The van der Waals surface area contributed by atoms with E-state index in [0.717, 1.165) is 4.31 Å². The third-order valence-corrected chi connectivity index (χ3v) is 4.50. The van der Waals surface area contributed by atoms with Gasteiger partial charge in [-0.1, -0.05) is 6.07 Å². The van der Waals surface area contributed by atoms with Gasteiger partial charge in [-0.05, 0) is 25.1 Å². The van der Waals surface area contributed by atoms with Crippen LogP contribution in [0.4, 0.5) is 5.69 Å². The Morgan fingerprint density at radius 1 is 1.22 bits per heavy atom. The summed E-state index contributed by atoms with van der Waals surface area (Å²) < 4.78 is 34.7. The summed E-state index contributed by atoms with van der Waals surface area (Å²) in [5, 5.41) is 2.46. The zero-order chi connectivity index (χ0) is 17.5. The van der Waals surface area contributed by atoms with Gasteiger partial charge in [0.2, 0.25) is 10.0 Å². The molecule has 0 aliphatic rings. The molecule has 8 nitrogen and oxygen atoms in total. The lowest BCUT2D eigenvalue weighted by molar-refractivity contribution is -0.151. The summed E-state index contributed by atoms with van der Waals surface area (Å²) in [4.78, 5) is 23.0. The molecule has 9 heteroatoms. The lowest BCUT2D eigenvalue weighted by Gasteiger charge is -2.12. The largest absolute Gasteiger partial charge is 0.454 e. The average molecular weight is 344 g/mol. The summed E-state index contributed by atoms with van der Waals surface area (Å²) in [5.41, 5.74) is 0.291. The first kappa shape index (κ1) is 19.1. The number of carbonyl (C=O) groups is 2. The molecule has 0 spiro atoms. The Hall–Kier alpha value is -1.97. The van der Waals surface area contributed by atoms with Crippen molar-refractivity contribution in [3.8, 4) is 0 Å². The van der Waals surface area contributed by atoms with Crippen LogP contribution in [-0.2, 0) is 29.1 Å². The maximum absolute atomic E-state index is 12.0. The topological polar surface area (TPSA) is 102 Å². The van der Waals surface area contributed by atoms with Crippen molar-refractivity contribution in [3.63, 3.8) is 0 Å². The van der Waals surface area contributed by atoms with Crippen LogP contribution in [0.5, 0.6) is 0 Å². The van der Waals surface area contributed by atoms with Crippen LogP contribution in [0.15, 0.2) is 29.2 Å². The van der Waals surface area contributed by atoms with E-state index in [2.05, 4.69) is 5.32 Å². The van der Waals surface area contributed by atoms with Crippen molar-refractivity contribution in [2.24, 2.45) is 0 Å². The second-order valence-electron chi connectivity index (χ2n) is 4.66. The standard InChI is InChI=1S/C14H20N2O6S/c1-4-21-10-14(18)22-9-13(17)15-11-6-5-7-12(8-11)23(19,20)16(2)3/h5-8H,4,9-10H2,1-3H3,(H,15,17). The number of nitrogens with one attached hydrogen (secondary N) is 1. The SMILES string of the molecule is CCOCC(=O)OCC(=O)Nc1cccc(S(=O)(=O)N(C)C)c1. The summed E-state index contributed by atoms with van der Waals surface area (Å²) in [7, 11) is -0.761. The van der Waals surface area contributed by atoms with E-state index in [1.807, 2.05) is 0 Å². The third kappa shape index (κ3) is 5.97. The van der Waals surface area contributed by atoms with Gasteiger partial charge in [-0.2, -0.15) is 0 Å². The molecule has 0 saturated heterocycles. The van der Waals surface area contributed by atoms with E-state index < -0.39 is 28.5 Å². The molecule has 1 N–H and O–H groups in total. The molecule has 0 fully saturated rings. The van der Waals surface area contributed by atoms with Crippen LogP contribution in [0.1, 0.15) is 6.92 Å². The number of amides is 1. The maximum atomic E-state index is 12.0.